The van der Waals surface area contributed by atoms with Gasteiger partial charge in [0.2, 0.25) is 0 Å². The van der Waals surface area contributed by atoms with Crippen molar-refractivity contribution >= 4 is 5.97 Å². The normalized spacial score (nSPS) is 11.9. The Morgan fingerprint density at radius 2 is 1.34 bits per heavy atom. The van der Waals surface area contributed by atoms with Gasteiger partial charge in [-0.25, -0.2) is 0 Å². The third-order valence-corrected chi connectivity index (χ3v) is 4.13. The molecule has 1 atom stereocenters. The molecule has 6 heteroatoms. The molecule has 0 aromatic heterocycles. The van der Waals surface area contributed by atoms with E-state index in [-0.39, 0.29) is 6.42 Å². The molecule has 0 aliphatic rings. The van der Waals surface area contributed by atoms with Crippen molar-refractivity contribution in [3.05, 3.63) is 54.1 Å². The lowest BCUT2D eigenvalue weighted by atomic mass is 10.1. The summed E-state index contributed by atoms with van der Waals surface area (Å²) in [6.07, 6.45) is 0.212. The predicted octanol–water partition coefficient (Wildman–Crippen LogP) is 4.73. The molecule has 0 heterocycles. The molecule has 0 spiro atoms. The molecular formula is C23H30O6. The first kappa shape index (κ1) is 22.6. The minimum Gasteiger partial charge on any atom is -0.493 e. The van der Waals surface area contributed by atoms with Crippen LogP contribution >= 0.6 is 0 Å². The van der Waals surface area contributed by atoms with Gasteiger partial charge < -0.3 is 24.1 Å². The van der Waals surface area contributed by atoms with Crippen LogP contribution in [0.5, 0.6) is 17.2 Å². The van der Waals surface area contributed by atoms with Crippen LogP contribution in [0.2, 0.25) is 0 Å². The molecule has 0 radical (unpaired) electrons. The number of benzene rings is 2. The Balaban J connectivity index is 1.68. The van der Waals surface area contributed by atoms with E-state index in [1.54, 1.807) is 0 Å². The quantitative estimate of drug-likeness (QED) is 0.488. The van der Waals surface area contributed by atoms with Crippen molar-refractivity contribution in [1.29, 1.82) is 0 Å². The highest BCUT2D eigenvalue weighted by Gasteiger charge is 2.14. The van der Waals surface area contributed by atoms with Gasteiger partial charge in [-0.2, -0.15) is 0 Å². The van der Waals surface area contributed by atoms with Gasteiger partial charge >= 0.3 is 5.97 Å². The lowest BCUT2D eigenvalue weighted by molar-refractivity contribution is -0.139. The van der Waals surface area contributed by atoms with Crippen LogP contribution in [0.25, 0.3) is 0 Å². The van der Waals surface area contributed by atoms with Crippen LogP contribution in [-0.4, -0.2) is 38.0 Å². The Morgan fingerprint density at radius 3 is 1.79 bits per heavy atom. The summed E-state index contributed by atoms with van der Waals surface area (Å²) in [6.45, 7) is 6.00. The van der Waals surface area contributed by atoms with E-state index in [9.17, 15) is 4.79 Å². The number of hydrogen-bond acceptors (Lipinski definition) is 5. The standard InChI is InChI=1S/C23H30O6/c1-17(2)16-29-21-11-9-20(10-12-21)28-14-4-13-27-19-7-5-18(6-8-19)22(26-3)15-23(24)25/h5-12,17,22H,4,13-16H2,1-3H3,(H,24,25). The van der Waals surface area contributed by atoms with Gasteiger partial charge in [-0.15, -0.1) is 0 Å². The number of carbonyl (C=O) groups is 1. The van der Waals surface area contributed by atoms with Gasteiger partial charge in [-0.1, -0.05) is 26.0 Å². The molecule has 0 bridgehead atoms. The number of rotatable bonds is 13. The number of ether oxygens (including phenoxy) is 4. The highest BCUT2D eigenvalue weighted by Crippen LogP contribution is 2.23. The second-order valence-electron chi connectivity index (χ2n) is 7.12. The van der Waals surface area contributed by atoms with Gasteiger partial charge in [0.25, 0.3) is 0 Å². The average molecular weight is 402 g/mol. The van der Waals surface area contributed by atoms with Gasteiger partial charge in [0.05, 0.1) is 32.3 Å². The molecule has 29 heavy (non-hydrogen) atoms. The van der Waals surface area contributed by atoms with Crippen LogP contribution < -0.4 is 14.2 Å². The Hall–Kier alpha value is -2.73. The van der Waals surface area contributed by atoms with E-state index < -0.39 is 12.1 Å². The Bertz CT molecular complexity index is 724. The zero-order valence-corrected chi connectivity index (χ0v) is 17.3. The van der Waals surface area contributed by atoms with Gasteiger partial charge in [-0.05, 0) is 47.9 Å². The molecule has 0 aliphatic carbocycles. The average Bonchev–Trinajstić information content (AvgIpc) is 2.71. The van der Waals surface area contributed by atoms with Gasteiger partial charge in [0.1, 0.15) is 17.2 Å². The number of carboxylic acids is 1. The summed E-state index contributed by atoms with van der Waals surface area (Å²) in [5.74, 6) is 1.97. The lowest BCUT2D eigenvalue weighted by Crippen LogP contribution is -2.08. The molecule has 2 aromatic carbocycles. The summed E-state index contributed by atoms with van der Waals surface area (Å²) < 4.78 is 22.3. The van der Waals surface area contributed by atoms with E-state index in [1.165, 1.54) is 7.11 Å². The molecule has 0 amide bonds. The Kier molecular flexibility index (Phi) is 9.31. The summed E-state index contributed by atoms with van der Waals surface area (Å²) in [7, 11) is 1.50. The van der Waals surface area contributed by atoms with Crippen molar-refractivity contribution in [3.8, 4) is 17.2 Å². The lowest BCUT2D eigenvalue weighted by Gasteiger charge is -2.14. The fourth-order valence-electron chi connectivity index (χ4n) is 2.61. The molecule has 0 aliphatic heterocycles. The van der Waals surface area contributed by atoms with Crippen molar-refractivity contribution in [2.45, 2.75) is 32.8 Å². The van der Waals surface area contributed by atoms with Crippen molar-refractivity contribution in [1.82, 2.24) is 0 Å². The van der Waals surface area contributed by atoms with E-state index >= 15 is 0 Å². The van der Waals surface area contributed by atoms with Crippen LogP contribution in [0.3, 0.4) is 0 Å². The minimum atomic E-state index is -0.894. The SMILES string of the molecule is COC(CC(=O)O)c1ccc(OCCCOc2ccc(OCC(C)C)cc2)cc1. The highest BCUT2D eigenvalue weighted by molar-refractivity contribution is 5.67. The summed E-state index contributed by atoms with van der Waals surface area (Å²) in [5, 5.41) is 8.91. The molecule has 2 rings (SSSR count). The van der Waals surface area contributed by atoms with Crippen molar-refractivity contribution < 1.29 is 28.8 Å². The molecule has 0 fully saturated rings. The number of aliphatic carboxylic acids is 1. The monoisotopic (exact) mass is 402 g/mol. The smallest absolute Gasteiger partial charge is 0.306 e. The molecule has 1 unspecified atom stereocenters. The van der Waals surface area contributed by atoms with Crippen LogP contribution in [0.4, 0.5) is 0 Å². The van der Waals surface area contributed by atoms with E-state index in [0.29, 0.717) is 25.7 Å². The van der Waals surface area contributed by atoms with E-state index in [2.05, 4.69) is 13.8 Å². The Morgan fingerprint density at radius 1 is 0.862 bits per heavy atom. The van der Waals surface area contributed by atoms with Crippen LogP contribution in [-0.2, 0) is 9.53 Å². The molecule has 6 nitrogen and oxygen atoms in total. The molecular weight excluding hydrogens is 372 g/mol. The maximum atomic E-state index is 10.9. The number of carboxylic acid groups (broad SMARTS) is 1. The van der Waals surface area contributed by atoms with Crippen molar-refractivity contribution in [2.75, 3.05) is 26.9 Å². The largest absolute Gasteiger partial charge is 0.493 e. The maximum absolute atomic E-state index is 10.9. The van der Waals surface area contributed by atoms with E-state index in [4.69, 9.17) is 24.1 Å². The number of hydrogen-bond donors (Lipinski definition) is 1. The highest BCUT2D eigenvalue weighted by atomic mass is 16.5. The summed E-state index contributed by atoms with van der Waals surface area (Å²) in [6, 6.07) is 14.9. The van der Waals surface area contributed by atoms with Gasteiger partial charge in [0, 0.05) is 13.5 Å². The van der Waals surface area contributed by atoms with E-state index in [0.717, 1.165) is 29.2 Å². The predicted molar refractivity (Wildman–Crippen MR) is 111 cm³/mol. The van der Waals surface area contributed by atoms with Crippen LogP contribution in [0.1, 0.15) is 38.4 Å². The molecule has 0 saturated heterocycles. The fourth-order valence-corrected chi connectivity index (χ4v) is 2.61. The fraction of sp³-hybridized carbons (Fsp3) is 0.435. The maximum Gasteiger partial charge on any atom is 0.306 e. The van der Waals surface area contributed by atoms with Crippen LogP contribution in [0, 0.1) is 5.92 Å². The third-order valence-electron chi connectivity index (χ3n) is 4.13. The molecule has 1 N–H and O–H groups in total. The minimum absolute atomic E-state index is 0.0706. The third kappa shape index (κ3) is 8.44. The topological polar surface area (TPSA) is 74.2 Å². The summed E-state index contributed by atoms with van der Waals surface area (Å²) in [5.41, 5.74) is 0.811. The van der Waals surface area contributed by atoms with Gasteiger partial charge in [0.15, 0.2) is 0 Å². The second kappa shape index (κ2) is 12.0. The second-order valence-corrected chi connectivity index (χ2v) is 7.12. The summed E-state index contributed by atoms with van der Waals surface area (Å²) >= 11 is 0. The van der Waals surface area contributed by atoms with E-state index in [1.807, 2.05) is 48.5 Å². The zero-order chi connectivity index (χ0) is 21.1. The molecule has 0 saturated carbocycles. The molecule has 158 valence electrons. The zero-order valence-electron chi connectivity index (χ0n) is 17.3. The van der Waals surface area contributed by atoms with Gasteiger partial charge in [-0.3, -0.25) is 4.79 Å². The summed E-state index contributed by atoms with van der Waals surface area (Å²) in [4.78, 5) is 10.9. The number of methoxy groups -OCH3 is 1. The van der Waals surface area contributed by atoms with Crippen molar-refractivity contribution in [2.24, 2.45) is 5.92 Å². The molecule has 2 aromatic rings. The van der Waals surface area contributed by atoms with Crippen molar-refractivity contribution in [3.63, 3.8) is 0 Å². The first-order valence-electron chi connectivity index (χ1n) is 9.81. The Labute approximate surface area is 172 Å². The first-order valence-corrected chi connectivity index (χ1v) is 9.81. The van der Waals surface area contributed by atoms with Crippen LogP contribution in [0.15, 0.2) is 48.5 Å². The first-order chi connectivity index (χ1) is 14.0.